The number of hydrogen-bond acceptors (Lipinski definition) is 3. The third-order valence-electron chi connectivity index (χ3n) is 3.04. The molecule has 0 heterocycles. The molecule has 2 aromatic carbocycles. The Kier molecular flexibility index (Phi) is 5.90. The molecule has 0 radical (unpaired) electrons. The second-order valence-corrected chi connectivity index (χ2v) is 5.40. The van der Waals surface area contributed by atoms with E-state index >= 15 is 0 Å². The maximum atomic E-state index is 12.1. The van der Waals surface area contributed by atoms with Crippen molar-refractivity contribution in [3.05, 3.63) is 58.1 Å². The van der Waals surface area contributed by atoms with Crippen molar-refractivity contribution in [1.29, 1.82) is 0 Å². The zero-order chi connectivity index (χ0) is 16.8. The molecular weight excluding hydrogens is 337 g/mol. The van der Waals surface area contributed by atoms with Crippen molar-refractivity contribution < 1.29 is 14.3 Å². The van der Waals surface area contributed by atoms with Gasteiger partial charge in [0.2, 0.25) is 5.91 Å². The third-order valence-corrected chi connectivity index (χ3v) is 3.60. The highest BCUT2D eigenvalue weighted by atomic mass is 35.5. The van der Waals surface area contributed by atoms with E-state index in [9.17, 15) is 4.79 Å². The Bertz CT molecular complexity index is 745. The van der Waals surface area contributed by atoms with Gasteiger partial charge in [-0.1, -0.05) is 29.3 Å². The molecule has 1 N–H and O–H groups in total. The second-order valence-electron chi connectivity index (χ2n) is 4.55. The maximum absolute atomic E-state index is 12.1. The zero-order valence-electron chi connectivity index (χ0n) is 12.6. The van der Waals surface area contributed by atoms with Crippen molar-refractivity contribution in [3.63, 3.8) is 0 Å². The first kappa shape index (κ1) is 17.2. The molecule has 0 aliphatic carbocycles. The van der Waals surface area contributed by atoms with Gasteiger partial charge in [-0.2, -0.15) is 0 Å². The summed E-state index contributed by atoms with van der Waals surface area (Å²) in [6.45, 7) is 0. The summed E-state index contributed by atoms with van der Waals surface area (Å²) in [5.74, 6) is 0.838. The van der Waals surface area contributed by atoms with Crippen LogP contribution in [0.25, 0.3) is 6.08 Å². The van der Waals surface area contributed by atoms with E-state index in [1.807, 2.05) is 0 Å². The summed E-state index contributed by atoms with van der Waals surface area (Å²) in [5.41, 5.74) is 1.22. The van der Waals surface area contributed by atoms with E-state index in [4.69, 9.17) is 32.7 Å². The molecule has 120 valence electrons. The van der Waals surface area contributed by atoms with Crippen LogP contribution in [0.5, 0.6) is 11.5 Å². The topological polar surface area (TPSA) is 47.6 Å². The van der Waals surface area contributed by atoms with Gasteiger partial charge in [0.05, 0.1) is 19.9 Å². The van der Waals surface area contributed by atoms with Crippen molar-refractivity contribution in [2.75, 3.05) is 19.5 Å². The Morgan fingerprint density at radius 3 is 2.52 bits per heavy atom. The highest BCUT2D eigenvalue weighted by molar-refractivity contribution is 6.35. The largest absolute Gasteiger partial charge is 0.497 e. The standard InChI is InChI=1S/C17H15Cl2NO3/c1-22-13-6-7-16(23-2)15(10-13)20-17(21)8-4-11-3-5-12(18)9-14(11)19/h3-10H,1-2H3,(H,20,21). The smallest absolute Gasteiger partial charge is 0.248 e. The van der Waals surface area contributed by atoms with Crippen LogP contribution in [0.2, 0.25) is 10.0 Å². The van der Waals surface area contributed by atoms with Crippen LogP contribution in [0.15, 0.2) is 42.5 Å². The molecule has 0 fully saturated rings. The first-order valence-electron chi connectivity index (χ1n) is 6.69. The highest BCUT2D eigenvalue weighted by Gasteiger charge is 2.07. The molecule has 1 amide bonds. The number of amides is 1. The van der Waals surface area contributed by atoms with Gasteiger partial charge in [-0.05, 0) is 35.9 Å². The number of methoxy groups -OCH3 is 2. The van der Waals surface area contributed by atoms with Gasteiger partial charge in [-0.3, -0.25) is 4.79 Å². The number of anilines is 1. The zero-order valence-corrected chi connectivity index (χ0v) is 14.1. The lowest BCUT2D eigenvalue weighted by Crippen LogP contribution is -2.09. The highest BCUT2D eigenvalue weighted by Crippen LogP contribution is 2.29. The molecule has 0 spiro atoms. The summed E-state index contributed by atoms with van der Waals surface area (Å²) in [6, 6.07) is 10.2. The fraction of sp³-hybridized carbons (Fsp3) is 0.118. The molecule has 2 rings (SSSR count). The fourth-order valence-electron chi connectivity index (χ4n) is 1.89. The molecule has 0 aromatic heterocycles. The van der Waals surface area contributed by atoms with Crippen molar-refractivity contribution >= 4 is 40.9 Å². The number of ether oxygens (including phenoxy) is 2. The van der Waals surface area contributed by atoms with Gasteiger partial charge >= 0.3 is 0 Å². The normalized spacial score (nSPS) is 10.6. The Balaban J connectivity index is 2.14. The van der Waals surface area contributed by atoms with Crippen LogP contribution in [0, 0.1) is 0 Å². The van der Waals surface area contributed by atoms with E-state index in [0.29, 0.717) is 32.8 Å². The van der Waals surface area contributed by atoms with Gasteiger partial charge < -0.3 is 14.8 Å². The Labute approximate surface area is 144 Å². The number of benzene rings is 2. The summed E-state index contributed by atoms with van der Waals surface area (Å²) in [5, 5.41) is 3.75. The number of nitrogens with one attached hydrogen (secondary N) is 1. The van der Waals surface area contributed by atoms with Crippen LogP contribution in [-0.2, 0) is 4.79 Å². The predicted octanol–water partition coefficient (Wildman–Crippen LogP) is 4.66. The van der Waals surface area contributed by atoms with E-state index in [-0.39, 0.29) is 5.91 Å². The average Bonchev–Trinajstić information content (AvgIpc) is 2.54. The third kappa shape index (κ3) is 4.65. The molecule has 2 aromatic rings. The van der Waals surface area contributed by atoms with Crippen molar-refractivity contribution in [1.82, 2.24) is 0 Å². The minimum Gasteiger partial charge on any atom is -0.497 e. The second kappa shape index (κ2) is 7.90. The summed E-state index contributed by atoms with van der Waals surface area (Å²) in [6.07, 6.45) is 2.99. The molecule has 0 atom stereocenters. The molecule has 0 bridgehead atoms. The molecule has 0 aliphatic heterocycles. The minimum atomic E-state index is -0.317. The Hall–Kier alpha value is -2.17. The van der Waals surface area contributed by atoms with Crippen LogP contribution in [-0.4, -0.2) is 20.1 Å². The van der Waals surface area contributed by atoms with Gasteiger partial charge in [0.1, 0.15) is 11.5 Å². The quantitative estimate of drug-likeness (QED) is 0.796. The monoisotopic (exact) mass is 351 g/mol. The maximum Gasteiger partial charge on any atom is 0.248 e. The first-order valence-corrected chi connectivity index (χ1v) is 7.45. The molecule has 0 saturated carbocycles. The van der Waals surface area contributed by atoms with Crippen molar-refractivity contribution in [2.45, 2.75) is 0 Å². The van der Waals surface area contributed by atoms with Gasteiger partial charge in [0.25, 0.3) is 0 Å². The molecule has 0 saturated heterocycles. The number of rotatable bonds is 5. The van der Waals surface area contributed by atoms with Gasteiger partial charge in [-0.15, -0.1) is 0 Å². The molecule has 23 heavy (non-hydrogen) atoms. The van der Waals surface area contributed by atoms with Crippen molar-refractivity contribution in [3.8, 4) is 11.5 Å². The Morgan fingerprint density at radius 2 is 1.87 bits per heavy atom. The van der Waals surface area contributed by atoms with Gasteiger partial charge in [0.15, 0.2) is 0 Å². The fourth-order valence-corrected chi connectivity index (χ4v) is 2.36. The lowest BCUT2D eigenvalue weighted by atomic mass is 10.2. The van der Waals surface area contributed by atoms with Crippen LogP contribution >= 0.6 is 23.2 Å². The van der Waals surface area contributed by atoms with Gasteiger partial charge in [0, 0.05) is 22.2 Å². The minimum absolute atomic E-state index is 0.317. The first-order chi connectivity index (χ1) is 11.0. The molecular formula is C17H15Cl2NO3. The van der Waals surface area contributed by atoms with Crippen molar-refractivity contribution in [2.24, 2.45) is 0 Å². The molecule has 6 heteroatoms. The van der Waals surface area contributed by atoms with E-state index in [1.165, 1.54) is 13.2 Å². The Morgan fingerprint density at radius 1 is 1.09 bits per heavy atom. The van der Waals surface area contributed by atoms with Gasteiger partial charge in [-0.25, -0.2) is 0 Å². The average molecular weight is 352 g/mol. The molecule has 0 unspecified atom stereocenters. The lowest BCUT2D eigenvalue weighted by Gasteiger charge is -2.10. The number of carbonyl (C=O) groups excluding carboxylic acids is 1. The predicted molar refractivity (Wildman–Crippen MR) is 93.7 cm³/mol. The summed E-state index contributed by atoms with van der Waals surface area (Å²) < 4.78 is 10.3. The van der Waals surface area contributed by atoms with E-state index in [1.54, 1.807) is 49.6 Å². The van der Waals surface area contributed by atoms with Crippen LogP contribution in [0.1, 0.15) is 5.56 Å². The number of carbonyl (C=O) groups is 1. The van der Waals surface area contributed by atoms with Crippen LogP contribution in [0.3, 0.4) is 0 Å². The molecule has 4 nitrogen and oxygen atoms in total. The van der Waals surface area contributed by atoms with E-state index in [2.05, 4.69) is 5.32 Å². The number of hydrogen-bond donors (Lipinski definition) is 1. The molecule has 0 aliphatic rings. The van der Waals surface area contributed by atoms with Crippen LogP contribution < -0.4 is 14.8 Å². The van der Waals surface area contributed by atoms with E-state index in [0.717, 1.165) is 0 Å². The van der Waals surface area contributed by atoms with E-state index < -0.39 is 0 Å². The lowest BCUT2D eigenvalue weighted by molar-refractivity contribution is -0.111. The number of halogens is 2. The summed E-state index contributed by atoms with van der Waals surface area (Å²) in [4.78, 5) is 12.1. The van der Waals surface area contributed by atoms with Crippen LogP contribution in [0.4, 0.5) is 5.69 Å². The SMILES string of the molecule is COc1ccc(OC)c(NC(=O)C=Cc2ccc(Cl)cc2Cl)c1. The summed E-state index contributed by atoms with van der Waals surface area (Å²) in [7, 11) is 3.08. The summed E-state index contributed by atoms with van der Waals surface area (Å²) >= 11 is 11.9.